The molecule has 0 bridgehead atoms. The molecular weight excluding hydrogens is 302 g/mol. The normalized spacial score (nSPS) is 13.5. The van der Waals surface area contributed by atoms with Gasteiger partial charge in [0.05, 0.1) is 6.61 Å². The van der Waals surface area contributed by atoms with Crippen molar-refractivity contribution in [2.24, 2.45) is 0 Å². The number of phenolic OH excluding ortho intramolecular Hbond substituents is 1. The van der Waals surface area contributed by atoms with Crippen LogP contribution in [0.5, 0.6) is 5.75 Å². The van der Waals surface area contributed by atoms with E-state index in [0.29, 0.717) is 12.4 Å². The van der Waals surface area contributed by atoms with Gasteiger partial charge in [-0.1, -0.05) is 48.1 Å². The molecule has 0 fully saturated rings. The largest absolute Gasteiger partial charge is 0.507 e. The van der Waals surface area contributed by atoms with E-state index in [1.807, 2.05) is 12.1 Å². The topological polar surface area (TPSA) is 58.6 Å². The molecule has 1 unspecified atom stereocenters. The first-order valence-electron chi connectivity index (χ1n) is 8.27. The molecule has 1 amide bonds. The molecule has 4 nitrogen and oxygen atoms in total. The summed E-state index contributed by atoms with van der Waals surface area (Å²) in [5.74, 6) is 0.0886. The van der Waals surface area contributed by atoms with E-state index in [0.717, 1.165) is 16.7 Å². The Labute approximate surface area is 145 Å². The molecule has 134 valence electrons. The molecule has 0 saturated heterocycles. The summed E-state index contributed by atoms with van der Waals surface area (Å²) in [5.41, 5.74) is 2.42. The highest BCUT2D eigenvalue weighted by molar-refractivity contribution is 5.86. The van der Waals surface area contributed by atoms with Gasteiger partial charge in [-0.25, -0.2) is 0 Å². The first-order valence-corrected chi connectivity index (χ1v) is 8.27. The quantitative estimate of drug-likeness (QED) is 0.628. The monoisotopic (exact) mass is 333 g/mol. The average Bonchev–Trinajstić information content (AvgIpc) is 2.43. The minimum absolute atomic E-state index is 0.178. The lowest BCUT2D eigenvalue weighted by atomic mass is 9.78. The van der Waals surface area contributed by atoms with Crippen molar-refractivity contribution in [3.63, 3.8) is 0 Å². The van der Waals surface area contributed by atoms with E-state index < -0.39 is 6.23 Å². The van der Waals surface area contributed by atoms with Gasteiger partial charge in [0.1, 0.15) is 12.0 Å². The van der Waals surface area contributed by atoms with Crippen molar-refractivity contribution in [3.05, 3.63) is 41.5 Å². The zero-order valence-electron chi connectivity index (χ0n) is 16.0. The number of amides is 1. The van der Waals surface area contributed by atoms with Crippen LogP contribution >= 0.6 is 0 Å². The summed E-state index contributed by atoms with van der Waals surface area (Å²) in [7, 11) is 0. The summed E-state index contributed by atoms with van der Waals surface area (Å²) >= 11 is 0. The maximum Gasteiger partial charge on any atom is 0.245 e. The van der Waals surface area contributed by atoms with Crippen LogP contribution in [0.1, 0.15) is 65.2 Å². The average molecular weight is 333 g/mol. The van der Waals surface area contributed by atoms with E-state index in [1.165, 1.54) is 6.08 Å². The molecule has 0 radical (unpaired) electrons. The Morgan fingerprint density at radius 1 is 1.21 bits per heavy atom. The van der Waals surface area contributed by atoms with E-state index in [1.54, 1.807) is 6.92 Å². The van der Waals surface area contributed by atoms with E-state index in [9.17, 15) is 9.90 Å². The fourth-order valence-corrected chi connectivity index (χ4v) is 2.44. The first kappa shape index (κ1) is 20.2. The number of nitrogens with one attached hydrogen (secondary N) is 1. The maximum absolute atomic E-state index is 11.3. The van der Waals surface area contributed by atoms with Crippen LogP contribution in [0.15, 0.2) is 24.8 Å². The molecule has 0 aromatic heterocycles. The number of phenols is 1. The Bertz CT molecular complexity index is 571. The number of carbonyl (C=O) groups excluding carboxylic acids is 1. The van der Waals surface area contributed by atoms with Gasteiger partial charge in [-0.15, -0.1) is 0 Å². The van der Waals surface area contributed by atoms with Crippen molar-refractivity contribution in [1.82, 2.24) is 5.32 Å². The van der Waals surface area contributed by atoms with Crippen LogP contribution in [0.2, 0.25) is 0 Å². The Balaban J connectivity index is 3.11. The molecule has 1 atom stereocenters. The molecule has 2 N–H and O–H groups in total. The van der Waals surface area contributed by atoms with Gasteiger partial charge in [-0.3, -0.25) is 4.79 Å². The number of carbonyl (C=O) groups is 1. The molecule has 4 heteroatoms. The van der Waals surface area contributed by atoms with Gasteiger partial charge in [0.2, 0.25) is 5.91 Å². The SMILES string of the molecule is C=CC(=O)NC(C)OCc1cc(C(C)(C)C)c(O)c(C(C)(C)C)c1. The fraction of sp³-hybridized carbons (Fsp3) is 0.550. The Hall–Kier alpha value is -1.81. The van der Waals surface area contributed by atoms with Crippen LogP contribution in [0.25, 0.3) is 0 Å². The summed E-state index contributed by atoms with van der Waals surface area (Å²) in [5, 5.41) is 13.4. The summed E-state index contributed by atoms with van der Waals surface area (Å²) in [6.07, 6.45) is 0.802. The van der Waals surface area contributed by atoms with Gasteiger partial charge in [0, 0.05) is 0 Å². The molecule has 24 heavy (non-hydrogen) atoms. The van der Waals surface area contributed by atoms with Gasteiger partial charge >= 0.3 is 0 Å². The summed E-state index contributed by atoms with van der Waals surface area (Å²) in [6, 6.07) is 3.96. The lowest BCUT2D eigenvalue weighted by molar-refractivity contribution is -0.120. The fourth-order valence-electron chi connectivity index (χ4n) is 2.44. The second-order valence-electron chi connectivity index (χ2n) is 8.21. The molecule has 1 rings (SSSR count). The third-order valence-corrected chi connectivity index (χ3v) is 3.82. The Kier molecular flexibility index (Phi) is 6.23. The van der Waals surface area contributed by atoms with Crippen molar-refractivity contribution in [2.75, 3.05) is 0 Å². The molecule has 1 aromatic carbocycles. The molecule has 0 saturated carbocycles. The number of ether oxygens (including phenoxy) is 1. The minimum atomic E-state index is -0.416. The van der Waals surface area contributed by atoms with Gasteiger partial charge in [0.15, 0.2) is 0 Å². The van der Waals surface area contributed by atoms with Gasteiger partial charge < -0.3 is 15.2 Å². The van der Waals surface area contributed by atoms with Crippen LogP contribution in [0.4, 0.5) is 0 Å². The lowest BCUT2D eigenvalue weighted by Gasteiger charge is -2.28. The third-order valence-electron chi connectivity index (χ3n) is 3.82. The van der Waals surface area contributed by atoms with Crippen molar-refractivity contribution < 1.29 is 14.6 Å². The molecular formula is C20H31NO3. The van der Waals surface area contributed by atoms with Gasteiger partial charge in [0.25, 0.3) is 0 Å². The number of aromatic hydroxyl groups is 1. The second kappa shape index (κ2) is 7.39. The van der Waals surface area contributed by atoms with Crippen LogP contribution in [-0.2, 0) is 27.0 Å². The smallest absolute Gasteiger partial charge is 0.245 e. The maximum atomic E-state index is 11.3. The predicted molar refractivity (Wildman–Crippen MR) is 98.1 cm³/mol. The number of benzene rings is 1. The first-order chi connectivity index (χ1) is 10.9. The summed E-state index contributed by atoms with van der Waals surface area (Å²) < 4.78 is 5.71. The molecule has 0 aliphatic rings. The lowest BCUT2D eigenvalue weighted by Crippen LogP contribution is -2.33. The highest BCUT2D eigenvalue weighted by Crippen LogP contribution is 2.39. The zero-order valence-corrected chi connectivity index (χ0v) is 16.0. The molecule has 0 heterocycles. The van der Waals surface area contributed by atoms with Gasteiger partial charge in [-0.2, -0.15) is 0 Å². The minimum Gasteiger partial charge on any atom is -0.507 e. The summed E-state index contributed by atoms with van der Waals surface area (Å²) in [6.45, 7) is 18.0. The molecule has 1 aromatic rings. The molecule has 0 aliphatic carbocycles. The van der Waals surface area contributed by atoms with Gasteiger partial charge in [-0.05, 0) is 52.7 Å². The van der Waals surface area contributed by atoms with Crippen molar-refractivity contribution in [1.29, 1.82) is 0 Å². The molecule has 0 spiro atoms. The van der Waals surface area contributed by atoms with E-state index in [4.69, 9.17) is 4.74 Å². The van der Waals surface area contributed by atoms with Crippen LogP contribution in [0, 0.1) is 0 Å². The highest BCUT2D eigenvalue weighted by Gasteiger charge is 2.26. The number of hydrogen-bond acceptors (Lipinski definition) is 3. The predicted octanol–water partition coefficient (Wildman–Crippen LogP) is 4.15. The molecule has 0 aliphatic heterocycles. The van der Waals surface area contributed by atoms with Crippen molar-refractivity contribution >= 4 is 5.91 Å². The van der Waals surface area contributed by atoms with E-state index in [-0.39, 0.29) is 16.7 Å². The zero-order chi connectivity index (χ0) is 18.7. The number of hydrogen-bond donors (Lipinski definition) is 2. The van der Waals surface area contributed by atoms with E-state index >= 15 is 0 Å². The Morgan fingerprint density at radius 3 is 2.04 bits per heavy atom. The highest BCUT2D eigenvalue weighted by atomic mass is 16.5. The van der Waals surface area contributed by atoms with Crippen molar-refractivity contribution in [3.8, 4) is 5.75 Å². The number of rotatable bonds is 5. The van der Waals surface area contributed by atoms with Crippen LogP contribution in [0.3, 0.4) is 0 Å². The van der Waals surface area contributed by atoms with Crippen LogP contribution in [-0.4, -0.2) is 17.2 Å². The third kappa shape index (κ3) is 5.38. The second-order valence-corrected chi connectivity index (χ2v) is 8.21. The van der Waals surface area contributed by atoms with E-state index in [2.05, 4.69) is 53.4 Å². The standard InChI is InChI=1S/C20H31NO3/c1-9-17(22)21-13(2)24-12-14-10-15(19(3,4)5)18(23)16(11-14)20(6,7)8/h9-11,13,23H,1,12H2,2-8H3,(H,21,22). The van der Waals surface area contributed by atoms with Crippen LogP contribution < -0.4 is 5.32 Å². The Morgan fingerprint density at radius 2 is 1.67 bits per heavy atom. The summed E-state index contributed by atoms with van der Waals surface area (Å²) in [4.78, 5) is 11.3. The van der Waals surface area contributed by atoms with Crippen molar-refractivity contribution in [2.45, 2.75) is 72.1 Å².